The van der Waals surface area contributed by atoms with Gasteiger partial charge in [0, 0.05) is 13.1 Å². The average molecular weight is 347 g/mol. The summed E-state index contributed by atoms with van der Waals surface area (Å²) >= 11 is 0. The fraction of sp³-hybridized carbons (Fsp3) is 0.471. The summed E-state index contributed by atoms with van der Waals surface area (Å²) < 4.78 is 10.8. The Kier molecular flexibility index (Phi) is 5.18. The Morgan fingerprint density at radius 3 is 2.84 bits per heavy atom. The summed E-state index contributed by atoms with van der Waals surface area (Å²) in [6.07, 6.45) is -1.05. The molecule has 3 rings (SSSR count). The Morgan fingerprint density at radius 1 is 1.32 bits per heavy atom. The second-order valence-corrected chi connectivity index (χ2v) is 6.07. The lowest BCUT2D eigenvalue weighted by atomic mass is 10.1. The molecule has 0 radical (unpaired) electrons. The summed E-state index contributed by atoms with van der Waals surface area (Å²) in [5.41, 5.74) is 1.60. The highest BCUT2D eigenvalue weighted by Crippen LogP contribution is 2.30. The Morgan fingerprint density at radius 2 is 2.08 bits per heavy atom. The molecule has 2 aliphatic heterocycles. The molecule has 1 saturated heterocycles. The number of benzene rings is 1. The van der Waals surface area contributed by atoms with Crippen LogP contribution in [-0.4, -0.2) is 61.6 Å². The molecule has 25 heavy (non-hydrogen) atoms. The fourth-order valence-corrected chi connectivity index (χ4v) is 2.74. The number of ether oxygens (including phenoxy) is 2. The third kappa shape index (κ3) is 4.27. The summed E-state index contributed by atoms with van der Waals surface area (Å²) in [4.78, 5) is 37.8. The zero-order valence-corrected chi connectivity index (χ0v) is 14.0. The number of hydrogen-bond acceptors (Lipinski definition) is 5. The first kappa shape index (κ1) is 17.2. The number of carbonyl (C=O) groups is 3. The van der Waals surface area contributed by atoms with Gasteiger partial charge in [-0.05, 0) is 24.6 Å². The van der Waals surface area contributed by atoms with Crippen molar-refractivity contribution in [3.63, 3.8) is 0 Å². The quantitative estimate of drug-likeness (QED) is 0.803. The van der Waals surface area contributed by atoms with E-state index in [0.717, 1.165) is 5.56 Å². The molecule has 3 amide bonds. The van der Waals surface area contributed by atoms with Crippen LogP contribution in [0, 0.1) is 6.92 Å². The molecule has 2 heterocycles. The first-order chi connectivity index (χ1) is 12.0. The zero-order chi connectivity index (χ0) is 17.8. The van der Waals surface area contributed by atoms with Gasteiger partial charge in [-0.15, -0.1) is 0 Å². The zero-order valence-electron chi connectivity index (χ0n) is 14.0. The number of hydrogen-bond donors (Lipinski definition) is 2. The van der Waals surface area contributed by atoms with Crippen molar-refractivity contribution in [2.45, 2.75) is 19.4 Å². The Hall–Kier alpha value is -2.61. The molecule has 0 bridgehead atoms. The predicted molar refractivity (Wildman–Crippen MR) is 89.3 cm³/mol. The second-order valence-electron chi connectivity index (χ2n) is 6.07. The van der Waals surface area contributed by atoms with Crippen molar-refractivity contribution < 1.29 is 23.9 Å². The summed E-state index contributed by atoms with van der Waals surface area (Å²) in [7, 11) is 0. The van der Waals surface area contributed by atoms with Crippen LogP contribution in [0.2, 0.25) is 0 Å². The van der Waals surface area contributed by atoms with Crippen LogP contribution in [-0.2, 0) is 19.1 Å². The summed E-state index contributed by atoms with van der Waals surface area (Å²) in [5.74, 6) is -0.399. The Labute approximate surface area is 145 Å². The highest BCUT2D eigenvalue weighted by Gasteiger charge is 2.30. The maximum absolute atomic E-state index is 12.1. The number of amides is 3. The van der Waals surface area contributed by atoms with Gasteiger partial charge in [0.25, 0.3) is 5.91 Å². The Bertz CT molecular complexity index is 685. The van der Waals surface area contributed by atoms with E-state index in [1.807, 2.05) is 19.1 Å². The molecule has 0 aliphatic carbocycles. The second kappa shape index (κ2) is 7.52. The van der Waals surface area contributed by atoms with Gasteiger partial charge < -0.3 is 25.0 Å². The van der Waals surface area contributed by atoms with Crippen LogP contribution in [0.1, 0.15) is 12.0 Å². The third-order valence-corrected chi connectivity index (χ3v) is 4.13. The molecule has 2 aliphatic rings. The lowest BCUT2D eigenvalue weighted by Crippen LogP contribution is -2.47. The smallest absolute Gasteiger partial charge is 0.266 e. The van der Waals surface area contributed by atoms with Crippen LogP contribution in [0.3, 0.4) is 0 Å². The summed E-state index contributed by atoms with van der Waals surface area (Å²) in [6, 6.07) is 5.44. The molecule has 8 nitrogen and oxygen atoms in total. The number of carbonyl (C=O) groups excluding carboxylic acids is 3. The topological polar surface area (TPSA) is 97.0 Å². The van der Waals surface area contributed by atoms with E-state index < -0.39 is 12.0 Å². The highest BCUT2D eigenvalue weighted by atomic mass is 16.5. The van der Waals surface area contributed by atoms with Gasteiger partial charge in [-0.25, -0.2) is 0 Å². The molecule has 1 aromatic carbocycles. The first-order valence-corrected chi connectivity index (χ1v) is 8.23. The van der Waals surface area contributed by atoms with Crippen LogP contribution in [0.25, 0.3) is 0 Å². The van der Waals surface area contributed by atoms with Crippen molar-refractivity contribution in [1.82, 2.24) is 10.2 Å². The number of nitrogens with one attached hydrogen (secondary N) is 2. The fourth-order valence-electron chi connectivity index (χ4n) is 2.74. The van der Waals surface area contributed by atoms with Crippen molar-refractivity contribution in [2.24, 2.45) is 0 Å². The van der Waals surface area contributed by atoms with Gasteiger partial charge >= 0.3 is 0 Å². The molecule has 1 aromatic rings. The number of fused-ring (bicyclic) bond motifs is 1. The van der Waals surface area contributed by atoms with Crippen LogP contribution in [0.4, 0.5) is 5.69 Å². The van der Waals surface area contributed by atoms with E-state index in [4.69, 9.17) is 9.47 Å². The maximum atomic E-state index is 12.1. The number of morpholine rings is 1. The van der Waals surface area contributed by atoms with Crippen LogP contribution in [0.5, 0.6) is 5.75 Å². The van der Waals surface area contributed by atoms with Gasteiger partial charge in [0.1, 0.15) is 5.75 Å². The number of rotatable bonds is 4. The van der Waals surface area contributed by atoms with Gasteiger partial charge in [-0.3, -0.25) is 14.4 Å². The van der Waals surface area contributed by atoms with Crippen molar-refractivity contribution in [3.05, 3.63) is 23.8 Å². The molecular formula is C17H21N3O5. The molecule has 0 saturated carbocycles. The lowest BCUT2D eigenvalue weighted by Gasteiger charge is -2.27. The minimum absolute atomic E-state index is 0.0943. The number of aryl methyl sites for hydroxylation is 1. The van der Waals surface area contributed by atoms with Crippen molar-refractivity contribution in [2.75, 3.05) is 38.2 Å². The first-order valence-electron chi connectivity index (χ1n) is 8.23. The summed E-state index contributed by atoms with van der Waals surface area (Å²) in [6.45, 7) is 3.89. The molecule has 0 aromatic heterocycles. The van der Waals surface area contributed by atoms with Crippen molar-refractivity contribution >= 4 is 23.4 Å². The molecule has 2 N–H and O–H groups in total. The molecular weight excluding hydrogens is 326 g/mol. The highest BCUT2D eigenvalue weighted by molar-refractivity contribution is 6.00. The molecule has 0 spiro atoms. The van der Waals surface area contributed by atoms with E-state index in [1.165, 1.54) is 0 Å². The normalized spacial score (nSPS) is 19.5. The minimum Gasteiger partial charge on any atom is -0.478 e. The Balaban J connectivity index is 1.50. The third-order valence-electron chi connectivity index (χ3n) is 4.13. The van der Waals surface area contributed by atoms with Crippen LogP contribution < -0.4 is 15.4 Å². The van der Waals surface area contributed by atoms with E-state index in [2.05, 4.69) is 10.6 Å². The summed E-state index contributed by atoms with van der Waals surface area (Å²) in [5, 5.41) is 5.29. The van der Waals surface area contributed by atoms with Gasteiger partial charge in [-0.1, -0.05) is 6.07 Å². The molecule has 1 atom stereocenters. The SMILES string of the molecule is Cc1ccc2c(c1)NC(=O)C(CC(=O)NCC(=O)N1CCOCC1)O2. The number of anilines is 1. The van der Waals surface area contributed by atoms with Gasteiger partial charge in [0.05, 0.1) is 31.9 Å². The molecule has 1 unspecified atom stereocenters. The largest absolute Gasteiger partial charge is 0.478 e. The maximum Gasteiger partial charge on any atom is 0.266 e. The van der Waals surface area contributed by atoms with Crippen molar-refractivity contribution in [3.8, 4) is 5.75 Å². The average Bonchev–Trinajstić information content (AvgIpc) is 2.61. The minimum atomic E-state index is -0.909. The van der Waals surface area contributed by atoms with E-state index in [0.29, 0.717) is 37.7 Å². The van der Waals surface area contributed by atoms with Crippen LogP contribution >= 0.6 is 0 Å². The molecule has 1 fully saturated rings. The van der Waals surface area contributed by atoms with Gasteiger partial charge in [0.2, 0.25) is 11.8 Å². The predicted octanol–water partition coefficient (Wildman–Crippen LogP) is 0.0596. The monoisotopic (exact) mass is 347 g/mol. The van der Waals surface area contributed by atoms with E-state index >= 15 is 0 Å². The van der Waals surface area contributed by atoms with E-state index in [1.54, 1.807) is 11.0 Å². The van der Waals surface area contributed by atoms with Crippen LogP contribution in [0.15, 0.2) is 18.2 Å². The number of nitrogens with zero attached hydrogens (tertiary/aromatic N) is 1. The van der Waals surface area contributed by atoms with E-state index in [9.17, 15) is 14.4 Å². The van der Waals surface area contributed by atoms with E-state index in [-0.39, 0.29) is 24.8 Å². The van der Waals surface area contributed by atoms with Crippen molar-refractivity contribution in [1.29, 1.82) is 0 Å². The lowest BCUT2D eigenvalue weighted by molar-refractivity contribution is -0.137. The molecule has 8 heteroatoms. The standard InChI is InChI=1S/C17H21N3O5/c1-11-2-3-13-12(8-11)19-17(23)14(25-13)9-15(21)18-10-16(22)20-4-6-24-7-5-20/h2-3,8,14H,4-7,9-10H2,1H3,(H,18,21)(H,19,23). The molecule has 134 valence electrons. The van der Waals surface area contributed by atoms with Gasteiger partial charge in [-0.2, -0.15) is 0 Å². The van der Waals surface area contributed by atoms with Gasteiger partial charge in [0.15, 0.2) is 6.10 Å².